The number of aryl methyl sites for hydroxylation is 2. The van der Waals surface area contributed by atoms with Crippen molar-refractivity contribution >= 4 is 15.9 Å². The number of imidazole rings is 1. The zero-order valence-electron chi connectivity index (χ0n) is 12.3. The SMILES string of the molecule is CCCn1cc(S(=O)(=O)N(CC)CCC(=N)N)nc1C. The maximum atomic E-state index is 12.5. The lowest BCUT2D eigenvalue weighted by molar-refractivity contribution is 0.434. The number of rotatable bonds is 8. The molecular formula is C12H23N5O2S. The van der Waals surface area contributed by atoms with Gasteiger partial charge in [0.05, 0.1) is 5.84 Å². The molecule has 114 valence electrons. The highest BCUT2D eigenvalue weighted by molar-refractivity contribution is 7.89. The van der Waals surface area contributed by atoms with Crippen LogP contribution in [0.1, 0.15) is 32.5 Å². The first-order valence-electron chi connectivity index (χ1n) is 6.69. The van der Waals surface area contributed by atoms with Crippen LogP contribution in [-0.2, 0) is 16.6 Å². The molecule has 0 bridgehead atoms. The van der Waals surface area contributed by atoms with Crippen LogP contribution >= 0.6 is 0 Å². The lowest BCUT2D eigenvalue weighted by Gasteiger charge is -2.18. The van der Waals surface area contributed by atoms with Crippen molar-refractivity contribution in [2.24, 2.45) is 5.73 Å². The largest absolute Gasteiger partial charge is 0.388 e. The average Bonchev–Trinajstić information content (AvgIpc) is 2.72. The van der Waals surface area contributed by atoms with Gasteiger partial charge < -0.3 is 10.3 Å². The molecule has 0 aliphatic heterocycles. The highest BCUT2D eigenvalue weighted by atomic mass is 32.2. The summed E-state index contributed by atoms with van der Waals surface area (Å²) >= 11 is 0. The summed E-state index contributed by atoms with van der Waals surface area (Å²) in [4.78, 5) is 4.15. The summed E-state index contributed by atoms with van der Waals surface area (Å²) in [5.41, 5.74) is 5.29. The van der Waals surface area contributed by atoms with Crippen LogP contribution in [0.4, 0.5) is 0 Å². The van der Waals surface area contributed by atoms with E-state index in [1.54, 1.807) is 20.0 Å². The molecule has 1 heterocycles. The van der Waals surface area contributed by atoms with Crippen LogP contribution in [0, 0.1) is 12.3 Å². The Hall–Kier alpha value is -1.41. The summed E-state index contributed by atoms with van der Waals surface area (Å²) in [6, 6.07) is 0. The Kier molecular flexibility index (Phi) is 5.70. The molecule has 3 N–H and O–H groups in total. The van der Waals surface area contributed by atoms with Gasteiger partial charge in [-0.05, 0) is 13.3 Å². The third-order valence-corrected chi connectivity index (χ3v) is 4.85. The van der Waals surface area contributed by atoms with Gasteiger partial charge in [-0.25, -0.2) is 13.4 Å². The fraction of sp³-hybridized carbons (Fsp3) is 0.667. The zero-order valence-corrected chi connectivity index (χ0v) is 13.1. The molecule has 0 unspecified atom stereocenters. The molecule has 0 fully saturated rings. The van der Waals surface area contributed by atoms with E-state index in [-0.39, 0.29) is 23.8 Å². The third kappa shape index (κ3) is 3.80. The minimum absolute atomic E-state index is 0.0219. The highest BCUT2D eigenvalue weighted by Crippen LogP contribution is 2.15. The molecule has 1 aromatic rings. The van der Waals surface area contributed by atoms with Crippen LogP contribution in [0.2, 0.25) is 0 Å². The van der Waals surface area contributed by atoms with Crippen molar-refractivity contribution in [3.8, 4) is 0 Å². The molecule has 0 amide bonds. The Morgan fingerprint density at radius 3 is 2.65 bits per heavy atom. The Morgan fingerprint density at radius 1 is 1.50 bits per heavy atom. The van der Waals surface area contributed by atoms with Crippen LogP contribution < -0.4 is 5.73 Å². The van der Waals surface area contributed by atoms with Crippen LogP contribution in [0.5, 0.6) is 0 Å². The maximum absolute atomic E-state index is 12.5. The van der Waals surface area contributed by atoms with E-state index in [0.717, 1.165) is 13.0 Å². The van der Waals surface area contributed by atoms with E-state index in [2.05, 4.69) is 4.98 Å². The zero-order chi connectivity index (χ0) is 15.3. The molecule has 1 aromatic heterocycles. The second kappa shape index (κ2) is 6.85. The molecule has 0 spiro atoms. The van der Waals surface area contributed by atoms with Gasteiger partial charge in [-0.1, -0.05) is 13.8 Å². The van der Waals surface area contributed by atoms with Crippen LogP contribution in [0.3, 0.4) is 0 Å². The summed E-state index contributed by atoms with van der Waals surface area (Å²) in [6.07, 6.45) is 2.71. The Bertz CT molecular complexity index is 564. The molecule has 0 radical (unpaired) electrons. The van der Waals surface area contributed by atoms with Crippen molar-refractivity contribution in [1.29, 1.82) is 5.41 Å². The average molecular weight is 301 g/mol. The molecule has 0 aliphatic carbocycles. The fourth-order valence-corrected chi connectivity index (χ4v) is 3.34. The monoisotopic (exact) mass is 301 g/mol. The molecule has 8 heteroatoms. The van der Waals surface area contributed by atoms with Gasteiger partial charge in [-0.2, -0.15) is 4.31 Å². The Morgan fingerprint density at radius 2 is 2.15 bits per heavy atom. The van der Waals surface area contributed by atoms with Crippen LogP contribution in [-0.4, -0.2) is 41.2 Å². The van der Waals surface area contributed by atoms with Gasteiger partial charge in [-0.3, -0.25) is 5.41 Å². The first-order valence-corrected chi connectivity index (χ1v) is 8.13. The lowest BCUT2D eigenvalue weighted by atomic mass is 10.4. The smallest absolute Gasteiger partial charge is 0.262 e. The van der Waals surface area contributed by atoms with Crippen molar-refractivity contribution in [1.82, 2.24) is 13.9 Å². The minimum Gasteiger partial charge on any atom is -0.388 e. The van der Waals surface area contributed by atoms with Crippen molar-refractivity contribution in [2.45, 2.75) is 45.2 Å². The molecule has 0 aromatic carbocycles. The molecule has 0 saturated carbocycles. The number of nitrogens with zero attached hydrogens (tertiary/aromatic N) is 3. The van der Waals surface area contributed by atoms with Gasteiger partial charge in [-0.15, -0.1) is 0 Å². The van der Waals surface area contributed by atoms with E-state index in [4.69, 9.17) is 11.1 Å². The van der Waals surface area contributed by atoms with Crippen molar-refractivity contribution < 1.29 is 8.42 Å². The van der Waals surface area contributed by atoms with Gasteiger partial charge in [0.25, 0.3) is 10.0 Å². The third-order valence-electron chi connectivity index (χ3n) is 3.01. The van der Waals surface area contributed by atoms with Gasteiger partial charge in [0.15, 0.2) is 5.03 Å². The lowest BCUT2D eigenvalue weighted by Crippen LogP contribution is -2.34. The molecule has 7 nitrogen and oxygen atoms in total. The molecule has 20 heavy (non-hydrogen) atoms. The van der Waals surface area contributed by atoms with Crippen molar-refractivity contribution in [3.63, 3.8) is 0 Å². The first-order chi connectivity index (χ1) is 9.32. The summed E-state index contributed by atoms with van der Waals surface area (Å²) in [6.45, 7) is 6.85. The van der Waals surface area contributed by atoms with Crippen molar-refractivity contribution in [3.05, 3.63) is 12.0 Å². The van der Waals surface area contributed by atoms with E-state index in [9.17, 15) is 8.42 Å². The van der Waals surface area contributed by atoms with E-state index in [0.29, 0.717) is 12.4 Å². The molecule has 0 saturated heterocycles. The van der Waals surface area contributed by atoms with E-state index < -0.39 is 10.0 Å². The standard InChI is InChI=1S/C12H23N5O2S/c1-4-7-16-9-12(15-10(16)3)20(18,19)17(5-2)8-6-11(13)14/h9H,4-8H2,1-3H3,(H3,13,14). The second-order valence-corrected chi connectivity index (χ2v) is 6.48. The topological polar surface area (TPSA) is 105 Å². The Labute approximate surface area is 120 Å². The number of nitrogens with one attached hydrogen (secondary N) is 1. The summed E-state index contributed by atoms with van der Waals surface area (Å²) < 4.78 is 28.1. The first kappa shape index (κ1) is 16.6. The number of nitrogens with two attached hydrogens (primary N) is 1. The van der Waals surface area contributed by atoms with Gasteiger partial charge >= 0.3 is 0 Å². The summed E-state index contributed by atoms with van der Waals surface area (Å²) in [7, 11) is -3.62. The van der Waals surface area contributed by atoms with E-state index in [1.807, 2.05) is 11.5 Å². The van der Waals surface area contributed by atoms with E-state index in [1.165, 1.54) is 4.31 Å². The molecule has 1 rings (SSSR count). The number of amidine groups is 1. The summed E-state index contributed by atoms with van der Waals surface area (Å²) in [5, 5.41) is 7.27. The second-order valence-electron chi connectivity index (χ2n) is 4.59. The summed E-state index contributed by atoms with van der Waals surface area (Å²) in [5.74, 6) is 0.666. The predicted octanol–water partition coefficient (Wildman–Crippen LogP) is 0.938. The number of aromatic nitrogens is 2. The van der Waals surface area contributed by atoms with Crippen LogP contribution in [0.25, 0.3) is 0 Å². The maximum Gasteiger partial charge on any atom is 0.262 e. The predicted molar refractivity (Wildman–Crippen MR) is 78.2 cm³/mol. The van der Waals surface area contributed by atoms with Gasteiger partial charge in [0, 0.05) is 32.3 Å². The van der Waals surface area contributed by atoms with Crippen LogP contribution in [0.15, 0.2) is 11.2 Å². The Balaban J connectivity index is 3.01. The van der Waals surface area contributed by atoms with Crippen molar-refractivity contribution in [2.75, 3.05) is 13.1 Å². The quantitative estimate of drug-likeness (QED) is 0.550. The molecule has 0 aliphatic rings. The number of hydrogen-bond donors (Lipinski definition) is 2. The fourth-order valence-electron chi connectivity index (χ4n) is 1.90. The molecule has 0 atom stereocenters. The minimum atomic E-state index is -3.62. The van der Waals surface area contributed by atoms with E-state index >= 15 is 0 Å². The molecular weight excluding hydrogens is 278 g/mol. The normalized spacial score (nSPS) is 12.0. The van der Waals surface area contributed by atoms with Gasteiger partial charge in [0.1, 0.15) is 5.82 Å². The highest BCUT2D eigenvalue weighted by Gasteiger charge is 2.26. The van der Waals surface area contributed by atoms with Gasteiger partial charge in [0.2, 0.25) is 0 Å². The number of hydrogen-bond acceptors (Lipinski definition) is 4. The number of sulfonamides is 1.